The minimum atomic E-state index is 0.0517. The third-order valence-electron chi connectivity index (χ3n) is 3.60. The molecule has 100 valence electrons. The first-order valence-electron chi connectivity index (χ1n) is 6.91. The van der Waals surface area contributed by atoms with Gasteiger partial charge in [0.2, 0.25) is 0 Å². The predicted octanol–water partition coefficient (Wildman–Crippen LogP) is 2.08. The number of rotatable bonds is 5. The summed E-state index contributed by atoms with van der Waals surface area (Å²) in [4.78, 5) is 16.2. The van der Waals surface area contributed by atoms with E-state index in [0.717, 1.165) is 38.8 Å². The van der Waals surface area contributed by atoms with Gasteiger partial charge in [0.15, 0.2) is 0 Å². The summed E-state index contributed by atoms with van der Waals surface area (Å²) in [5.74, 6) is 0. The van der Waals surface area contributed by atoms with Crippen LogP contribution in [0, 0.1) is 0 Å². The molecule has 1 fully saturated rings. The van der Waals surface area contributed by atoms with Gasteiger partial charge in [-0.15, -0.1) is 0 Å². The van der Waals surface area contributed by atoms with Gasteiger partial charge in [-0.05, 0) is 32.1 Å². The van der Waals surface area contributed by atoms with E-state index >= 15 is 0 Å². The van der Waals surface area contributed by atoms with Gasteiger partial charge in [-0.3, -0.25) is 0 Å². The summed E-state index contributed by atoms with van der Waals surface area (Å²) in [6.07, 6.45) is 5.37. The van der Waals surface area contributed by atoms with Gasteiger partial charge in [-0.2, -0.15) is 0 Å². The third kappa shape index (κ3) is 3.87. The van der Waals surface area contributed by atoms with Gasteiger partial charge >= 0.3 is 6.03 Å². The van der Waals surface area contributed by atoms with Crippen LogP contribution in [0.15, 0.2) is 0 Å². The fraction of sp³-hybridized carbons (Fsp3) is 0.923. The predicted molar refractivity (Wildman–Crippen MR) is 69.0 cm³/mol. The number of hydrogen-bond acceptors (Lipinski definition) is 2. The molecule has 4 nitrogen and oxygen atoms in total. The highest BCUT2D eigenvalue weighted by Gasteiger charge is 2.26. The van der Waals surface area contributed by atoms with Crippen molar-refractivity contribution in [3.05, 3.63) is 0 Å². The van der Waals surface area contributed by atoms with Gasteiger partial charge in [0.05, 0.1) is 6.61 Å². The lowest BCUT2D eigenvalue weighted by Crippen LogP contribution is -2.50. The molecule has 1 rings (SSSR count). The molecule has 0 atom stereocenters. The van der Waals surface area contributed by atoms with E-state index in [9.17, 15) is 4.79 Å². The summed E-state index contributed by atoms with van der Waals surface area (Å²) in [6.45, 7) is 6.46. The zero-order valence-electron chi connectivity index (χ0n) is 11.2. The van der Waals surface area contributed by atoms with E-state index in [1.54, 1.807) is 0 Å². The van der Waals surface area contributed by atoms with E-state index in [0.29, 0.717) is 6.54 Å². The van der Waals surface area contributed by atoms with Crippen molar-refractivity contribution < 1.29 is 9.90 Å². The largest absolute Gasteiger partial charge is 0.395 e. The van der Waals surface area contributed by atoms with Crippen molar-refractivity contribution in [1.29, 1.82) is 0 Å². The fourth-order valence-corrected chi connectivity index (χ4v) is 2.54. The smallest absolute Gasteiger partial charge is 0.320 e. The first-order chi connectivity index (χ1) is 8.24. The van der Waals surface area contributed by atoms with Gasteiger partial charge < -0.3 is 14.9 Å². The highest BCUT2D eigenvalue weighted by atomic mass is 16.3. The zero-order valence-corrected chi connectivity index (χ0v) is 11.2. The standard InChI is InChI=1S/C13H26N2O2/c1-3-12(4-2)15(10-11-16)13(17)14-8-6-5-7-9-14/h12,16H,3-11H2,1-2H3. The van der Waals surface area contributed by atoms with Crippen LogP contribution in [-0.2, 0) is 0 Å². The highest BCUT2D eigenvalue weighted by Crippen LogP contribution is 2.15. The molecule has 1 aliphatic rings. The molecule has 17 heavy (non-hydrogen) atoms. The molecule has 0 unspecified atom stereocenters. The third-order valence-corrected chi connectivity index (χ3v) is 3.60. The first kappa shape index (κ1) is 14.3. The van der Waals surface area contributed by atoms with Crippen LogP contribution in [0.5, 0.6) is 0 Å². The molecule has 4 heteroatoms. The van der Waals surface area contributed by atoms with Gasteiger partial charge in [0, 0.05) is 25.7 Å². The molecule has 1 aliphatic heterocycles. The van der Waals surface area contributed by atoms with Crippen molar-refractivity contribution in [3.63, 3.8) is 0 Å². The molecule has 0 radical (unpaired) electrons. The Morgan fingerprint density at radius 2 is 1.82 bits per heavy atom. The van der Waals surface area contributed by atoms with Crippen molar-refractivity contribution in [3.8, 4) is 0 Å². The van der Waals surface area contributed by atoms with Gasteiger partial charge in [0.1, 0.15) is 0 Å². The van der Waals surface area contributed by atoms with E-state index in [4.69, 9.17) is 5.11 Å². The average Bonchev–Trinajstić information content (AvgIpc) is 2.39. The van der Waals surface area contributed by atoms with E-state index in [-0.39, 0.29) is 18.7 Å². The molecule has 0 spiro atoms. The van der Waals surface area contributed by atoms with Crippen LogP contribution < -0.4 is 0 Å². The van der Waals surface area contributed by atoms with Crippen LogP contribution in [0.3, 0.4) is 0 Å². The van der Waals surface area contributed by atoms with Crippen LogP contribution in [-0.4, -0.2) is 53.2 Å². The number of aliphatic hydroxyl groups excluding tert-OH is 1. The molecule has 0 aromatic rings. The van der Waals surface area contributed by atoms with Gasteiger partial charge in [0.25, 0.3) is 0 Å². The van der Waals surface area contributed by atoms with Crippen LogP contribution in [0.1, 0.15) is 46.0 Å². The van der Waals surface area contributed by atoms with Gasteiger partial charge in [-0.25, -0.2) is 4.79 Å². The zero-order chi connectivity index (χ0) is 12.7. The molecule has 0 saturated carbocycles. The number of likely N-dealkylation sites (tertiary alicyclic amines) is 1. The average molecular weight is 242 g/mol. The van der Waals surface area contributed by atoms with Crippen molar-refractivity contribution in [2.45, 2.75) is 52.0 Å². The number of carbonyl (C=O) groups excluding carboxylic acids is 1. The lowest BCUT2D eigenvalue weighted by Gasteiger charge is -2.36. The maximum absolute atomic E-state index is 12.4. The molecule has 0 aromatic heterocycles. The Hall–Kier alpha value is -0.770. The topological polar surface area (TPSA) is 43.8 Å². The quantitative estimate of drug-likeness (QED) is 0.802. The second-order valence-corrected chi connectivity index (χ2v) is 4.72. The minimum absolute atomic E-state index is 0.0517. The Labute approximate surface area is 105 Å². The monoisotopic (exact) mass is 242 g/mol. The van der Waals surface area contributed by atoms with E-state index in [1.165, 1.54) is 6.42 Å². The molecule has 0 aromatic carbocycles. The maximum atomic E-state index is 12.4. The fourth-order valence-electron chi connectivity index (χ4n) is 2.54. The molecule has 0 bridgehead atoms. The van der Waals surface area contributed by atoms with Crippen molar-refractivity contribution in [1.82, 2.24) is 9.80 Å². The number of hydrogen-bond donors (Lipinski definition) is 1. The molecular weight excluding hydrogens is 216 g/mol. The Morgan fingerprint density at radius 1 is 1.24 bits per heavy atom. The van der Waals surface area contributed by atoms with E-state index < -0.39 is 0 Å². The van der Waals surface area contributed by atoms with Crippen LogP contribution in [0.2, 0.25) is 0 Å². The molecule has 0 aliphatic carbocycles. The number of nitrogens with zero attached hydrogens (tertiary/aromatic N) is 2. The number of aliphatic hydroxyl groups is 1. The molecular formula is C13H26N2O2. The Kier molecular flexibility index (Phi) is 6.34. The second kappa shape index (κ2) is 7.54. The lowest BCUT2D eigenvalue weighted by molar-refractivity contribution is 0.109. The van der Waals surface area contributed by atoms with E-state index in [2.05, 4.69) is 13.8 Å². The number of piperidine rings is 1. The van der Waals surface area contributed by atoms with E-state index in [1.807, 2.05) is 9.80 Å². The maximum Gasteiger partial charge on any atom is 0.320 e. The molecule has 1 heterocycles. The van der Waals surface area contributed by atoms with Crippen molar-refractivity contribution >= 4 is 6.03 Å². The van der Waals surface area contributed by atoms with Gasteiger partial charge in [-0.1, -0.05) is 13.8 Å². The van der Waals surface area contributed by atoms with Crippen molar-refractivity contribution in [2.75, 3.05) is 26.2 Å². The lowest BCUT2D eigenvalue weighted by atomic mass is 10.1. The Morgan fingerprint density at radius 3 is 2.29 bits per heavy atom. The number of carbonyl (C=O) groups is 1. The summed E-state index contributed by atoms with van der Waals surface area (Å²) >= 11 is 0. The van der Waals surface area contributed by atoms with Crippen LogP contribution in [0.4, 0.5) is 4.79 Å². The SMILES string of the molecule is CCC(CC)N(CCO)C(=O)N1CCCCC1. The number of amides is 2. The van der Waals surface area contributed by atoms with Crippen LogP contribution in [0.25, 0.3) is 0 Å². The summed E-state index contributed by atoms with van der Waals surface area (Å²) in [5.41, 5.74) is 0. The molecule has 1 saturated heterocycles. The Balaban J connectivity index is 2.63. The minimum Gasteiger partial charge on any atom is -0.395 e. The summed E-state index contributed by atoms with van der Waals surface area (Å²) in [7, 11) is 0. The molecule has 2 amide bonds. The van der Waals surface area contributed by atoms with Crippen molar-refractivity contribution in [2.24, 2.45) is 0 Å². The Bertz CT molecular complexity index is 223. The number of urea groups is 1. The summed E-state index contributed by atoms with van der Waals surface area (Å²) in [6, 6.07) is 0.379. The molecule has 1 N–H and O–H groups in total. The first-order valence-corrected chi connectivity index (χ1v) is 6.91. The normalized spacial score (nSPS) is 16.4. The second-order valence-electron chi connectivity index (χ2n) is 4.72. The highest BCUT2D eigenvalue weighted by molar-refractivity contribution is 5.75. The summed E-state index contributed by atoms with van der Waals surface area (Å²) in [5, 5.41) is 9.11. The van der Waals surface area contributed by atoms with Crippen LogP contribution >= 0.6 is 0 Å². The summed E-state index contributed by atoms with van der Waals surface area (Å²) < 4.78 is 0.